The lowest BCUT2D eigenvalue weighted by Gasteiger charge is -2.28. The van der Waals surface area contributed by atoms with Gasteiger partial charge in [0.15, 0.2) is 0 Å². The molecule has 0 saturated heterocycles. The van der Waals surface area contributed by atoms with E-state index in [2.05, 4.69) is 10.6 Å². The summed E-state index contributed by atoms with van der Waals surface area (Å²) in [6.07, 6.45) is 2.74. The predicted octanol–water partition coefficient (Wildman–Crippen LogP) is 0.348. The van der Waals surface area contributed by atoms with E-state index >= 15 is 0 Å². The van der Waals surface area contributed by atoms with E-state index in [1.807, 2.05) is 0 Å². The van der Waals surface area contributed by atoms with Gasteiger partial charge in [-0.2, -0.15) is 0 Å². The van der Waals surface area contributed by atoms with E-state index in [1.165, 1.54) is 0 Å². The van der Waals surface area contributed by atoms with Gasteiger partial charge in [-0.05, 0) is 38.0 Å². The van der Waals surface area contributed by atoms with Crippen molar-refractivity contribution in [1.29, 1.82) is 0 Å². The van der Waals surface area contributed by atoms with Crippen LogP contribution in [0.4, 0.5) is 4.79 Å². The summed E-state index contributed by atoms with van der Waals surface area (Å²) in [5.41, 5.74) is 0. The number of carboxylic acids is 1. The van der Waals surface area contributed by atoms with Gasteiger partial charge in [0.2, 0.25) is 0 Å². The van der Waals surface area contributed by atoms with Crippen molar-refractivity contribution in [3.8, 4) is 0 Å². The van der Waals surface area contributed by atoms with Gasteiger partial charge in [-0.3, -0.25) is 9.59 Å². The van der Waals surface area contributed by atoms with Gasteiger partial charge in [0.1, 0.15) is 6.54 Å². The number of fused-ring (bicyclic) bond motifs is 2. The van der Waals surface area contributed by atoms with Crippen molar-refractivity contribution in [2.24, 2.45) is 17.8 Å². The average Bonchev–Trinajstić information content (AvgIpc) is 2.97. The number of amides is 2. The lowest BCUT2D eigenvalue weighted by molar-refractivity contribution is -0.144. The number of carbonyl (C=O) groups excluding carboxylic acids is 2. The fourth-order valence-corrected chi connectivity index (χ4v) is 3.42. The molecule has 0 heterocycles. The topological polar surface area (TPSA) is 105 Å². The first-order valence-electron chi connectivity index (χ1n) is 6.95. The first-order chi connectivity index (χ1) is 9.52. The molecule has 7 heteroatoms. The van der Waals surface area contributed by atoms with Gasteiger partial charge in [-0.15, -0.1) is 0 Å². The van der Waals surface area contributed by atoms with Crippen LogP contribution < -0.4 is 10.6 Å². The highest BCUT2D eigenvalue weighted by Crippen LogP contribution is 2.48. The SMILES string of the molecule is CCOC(=O)CNC(=O)NC1C2CCC(C2)C1C(=O)O. The summed E-state index contributed by atoms with van der Waals surface area (Å²) in [7, 11) is 0. The second-order valence-electron chi connectivity index (χ2n) is 5.36. The molecule has 2 aliphatic carbocycles. The minimum Gasteiger partial charge on any atom is -0.481 e. The Morgan fingerprint density at radius 3 is 2.60 bits per heavy atom. The van der Waals surface area contributed by atoms with Gasteiger partial charge in [0.25, 0.3) is 0 Å². The molecule has 0 aliphatic heterocycles. The van der Waals surface area contributed by atoms with Crippen molar-refractivity contribution in [2.45, 2.75) is 32.2 Å². The van der Waals surface area contributed by atoms with Crippen LogP contribution in [-0.2, 0) is 14.3 Å². The third-order valence-corrected chi connectivity index (χ3v) is 4.20. The Labute approximate surface area is 117 Å². The molecule has 3 N–H and O–H groups in total. The van der Waals surface area contributed by atoms with Gasteiger partial charge < -0.3 is 20.5 Å². The maximum Gasteiger partial charge on any atom is 0.325 e. The lowest BCUT2D eigenvalue weighted by atomic mass is 9.84. The zero-order chi connectivity index (χ0) is 14.7. The highest BCUT2D eigenvalue weighted by Gasteiger charge is 2.51. The standard InChI is InChI=1S/C13H20N2O5/c1-2-20-9(16)6-14-13(19)15-11-8-4-3-7(5-8)10(11)12(17)18/h7-8,10-11H,2-6H2,1H3,(H,17,18)(H2,14,15,19). The van der Waals surface area contributed by atoms with Crippen molar-refractivity contribution in [3.63, 3.8) is 0 Å². The molecule has 0 aromatic rings. The third-order valence-electron chi connectivity index (χ3n) is 4.20. The minimum absolute atomic E-state index is 0.160. The van der Waals surface area contributed by atoms with Crippen molar-refractivity contribution in [1.82, 2.24) is 10.6 Å². The zero-order valence-corrected chi connectivity index (χ0v) is 11.4. The molecule has 2 amide bonds. The first kappa shape index (κ1) is 14.6. The van der Waals surface area contributed by atoms with Crippen LogP contribution in [0.1, 0.15) is 26.2 Å². The second-order valence-corrected chi connectivity index (χ2v) is 5.36. The Bertz CT molecular complexity index is 412. The number of hydrogen-bond acceptors (Lipinski definition) is 4. The molecule has 20 heavy (non-hydrogen) atoms. The molecule has 2 aliphatic rings. The molecule has 0 spiro atoms. The summed E-state index contributed by atoms with van der Waals surface area (Å²) in [5.74, 6) is -1.48. The van der Waals surface area contributed by atoms with Crippen LogP contribution in [0.3, 0.4) is 0 Å². The number of hydrogen-bond donors (Lipinski definition) is 3. The number of ether oxygens (including phenoxy) is 1. The summed E-state index contributed by atoms with van der Waals surface area (Å²) in [4.78, 5) is 34.1. The second kappa shape index (κ2) is 6.11. The summed E-state index contributed by atoms with van der Waals surface area (Å²) in [6, 6.07) is -0.852. The summed E-state index contributed by atoms with van der Waals surface area (Å²) in [5, 5.41) is 14.4. The maximum absolute atomic E-state index is 11.7. The molecular formula is C13H20N2O5. The van der Waals surface area contributed by atoms with Crippen LogP contribution in [0.25, 0.3) is 0 Å². The number of rotatable bonds is 5. The largest absolute Gasteiger partial charge is 0.481 e. The van der Waals surface area contributed by atoms with E-state index in [0.717, 1.165) is 19.3 Å². The van der Waals surface area contributed by atoms with Gasteiger partial charge in [-0.1, -0.05) is 0 Å². The molecule has 112 valence electrons. The van der Waals surface area contributed by atoms with Crippen LogP contribution in [0.15, 0.2) is 0 Å². The van der Waals surface area contributed by atoms with Crippen LogP contribution in [0.2, 0.25) is 0 Å². The van der Waals surface area contributed by atoms with Crippen molar-refractivity contribution in [2.75, 3.05) is 13.2 Å². The Morgan fingerprint density at radius 2 is 1.95 bits per heavy atom. The lowest BCUT2D eigenvalue weighted by Crippen LogP contribution is -2.51. The Morgan fingerprint density at radius 1 is 1.25 bits per heavy atom. The zero-order valence-electron chi connectivity index (χ0n) is 11.4. The molecule has 7 nitrogen and oxygen atoms in total. The van der Waals surface area contributed by atoms with Crippen LogP contribution in [-0.4, -0.2) is 42.3 Å². The molecule has 4 unspecified atom stereocenters. The molecule has 2 saturated carbocycles. The summed E-state index contributed by atoms with van der Waals surface area (Å²) >= 11 is 0. The predicted molar refractivity (Wildman–Crippen MR) is 68.9 cm³/mol. The summed E-state index contributed by atoms with van der Waals surface area (Å²) < 4.78 is 4.70. The highest BCUT2D eigenvalue weighted by atomic mass is 16.5. The highest BCUT2D eigenvalue weighted by molar-refractivity contribution is 5.82. The van der Waals surface area contributed by atoms with E-state index in [1.54, 1.807) is 6.92 Å². The fraction of sp³-hybridized carbons (Fsp3) is 0.769. The minimum atomic E-state index is -0.854. The fourth-order valence-electron chi connectivity index (χ4n) is 3.42. The van der Waals surface area contributed by atoms with E-state index < -0.39 is 23.9 Å². The van der Waals surface area contributed by atoms with Crippen molar-refractivity contribution in [3.05, 3.63) is 0 Å². The van der Waals surface area contributed by atoms with E-state index in [9.17, 15) is 19.5 Å². The average molecular weight is 284 g/mol. The molecule has 2 bridgehead atoms. The molecule has 4 atom stereocenters. The smallest absolute Gasteiger partial charge is 0.325 e. The van der Waals surface area contributed by atoms with E-state index in [-0.39, 0.29) is 31.0 Å². The number of aliphatic carboxylic acids is 1. The van der Waals surface area contributed by atoms with E-state index in [0.29, 0.717) is 0 Å². The Kier molecular flexibility index (Phi) is 4.46. The number of nitrogens with one attached hydrogen (secondary N) is 2. The monoisotopic (exact) mass is 284 g/mol. The van der Waals surface area contributed by atoms with Crippen LogP contribution in [0.5, 0.6) is 0 Å². The molecule has 0 radical (unpaired) electrons. The van der Waals surface area contributed by atoms with Crippen LogP contribution >= 0.6 is 0 Å². The van der Waals surface area contributed by atoms with Gasteiger partial charge in [0.05, 0.1) is 12.5 Å². The third kappa shape index (κ3) is 3.02. The molecule has 2 rings (SSSR count). The Hall–Kier alpha value is -1.79. The number of urea groups is 1. The molecule has 0 aromatic heterocycles. The van der Waals surface area contributed by atoms with E-state index in [4.69, 9.17) is 4.74 Å². The number of carboxylic acid groups (broad SMARTS) is 1. The van der Waals surface area contributed by atoms with Crippen LogP contribution in [0, 0.1) is 17.8 Å². The van der Waals surface area contributed by atoms with Gasteiger partial charge >= 0.3 is 18.0 Å². The molecule has 0 aromatic carbocycles. The summed E-state index contributed by atoms with van der Waals surface area (Å²) in [6.45, 7) is 1.73. The van der Waals surface area contributed by atoms with Gasteiger partial charge in [-0.25, -0.2) is 4.79 Å². The van der Waals surface area contributed by atoms with Crippen molar-refractivity contribution < 1.29 is 24.2 Å². The quantitative estimate of drug-likeness (QED) is 0.632. The normalized spacial score (nSPS) is 30.9. The first-order valence-corrected chi connectivity index (χ1v) is 6.95. The number of carbonyl (C=O) groups is 3. The maximum atomic E-state index is 11.7. The number of esters is 1. The molecule has 2 fully saturated rings. The van der Waals surface area contributed by atoms with Gasteiger partial charge in [0, 0.05) is 6.04 Å². The molecular weight excluding hydrogens is 264 g/mol. The Balaban J connectivity index is 1.84. The van der Waals surface area contributed by atoms with Crippen molar-refractivity contribution >= 4 is 18.0 Å².